The Morgan fingerprint density at radius 3 is 2.76 bits per heavy atom. The summed E-state index contributed by atoms with van der Waals surface area (Å²) in [5, 5.41) is 14.2. The van der Waals surface area contributed by atoms with Crippen LogP contribution in [0.4, 0.5) is 0 Å². The number of esters is 2. The summed E-state index contributed by atoms with van der Waals surface area (Å²) >= 11 is 0. The van der Waals surface area contributed by atoms with Gasteiger partial charge in [0.15, 0.2) is 12.3 Å². The van der Waals surface area contributed by atoms with E-state index in [1.807, 2.05) is 18.2 Å². The molecule has 11 heteroatoms. The van der Waals surface area contributed by atoms with Gasteiger partial charge < -0.3 is 29.2 Å². The average Bonchev–Trinajstić information content (AvgIpc) is 3.26. The van der Waals surface area contributed by atoms with Crippen LogP contribution < -0.4 is 15.6 Å². The summed E-state index contributed by atoms with van der Waals surface area (Å²) in [7, 11) is 1.54. The molecule has 0 spiro atoms. The summed E-state index contributed by atoms with van der Waals surface area (Å²) in [6.45, 7) is 2.89. The van der Waals surface area contributed by atoms with Crippen molar-refractivity contribution in [2.24, 2.45) is 0 Å². The number of benzene rings is 1. The second-order valence-electron chi connectivity index (χ2n) is 9.32. The molecular weight excluding hydrogens is 494 g/mol. The van der Waals surface area contributed by atoms with Gasteiger partial charge in [0, 0.05) is 29.9 Å². The molecule has 1 aromatic carbocycles. The normalized spacial score (nSPS) is 17.3. The Labute approximate surface area is 217 Å². The van der Waals surface area contributed by atoms with Crippen molar-refractivity contribution >= 4 is 28.7 Å². The molecule has 1 atom stereocenters. The van der Waals surface area contributed by atoms with Crippen molar-refractivity contribution in [3.8, 4) is 17.1 Å². The number of methoxy groups -OCH3 is 1. The SMILES string of the molecule is CC[C@@]1(O)C(=O)OCc2c1cc1n(c2=O)Cc2cc3c(OC)c(CCC(=O)OCNC(C)=O)ccc3nc2-1. The number of aliphatic hydroxyl groups is 1. The number of rotatable bonds is 7. The summed E-state index contributed by atoms with van der Waals surface area (Å²) in [6, 6.07) is 7.22. The van der Waals surface area contributed by atoms with Crippen LogP contribution in [0.25, 0.3) is 22.3 Å². The van der Waals surface area contributed by atoms with Crippen molar-refractivity contribution in [3.05, 3.63) is 56.9 Å². The van der Waals surface area contributed by atoms with E-state index in [-0.39, 0.29) is 55.3 Å². The van der Waals surface area contributed by atoms with Crippen molar-refractivity contribution in [1.29, 1.82) is 0 Å². The van der Waals surface area contributed by atoms with Crippen LogP contribution in [0.2, 0.25) is 0 Å². The fraction of sp³-hybridized carbons (Fsp3) is 0.370. The number of fused-ring (bicyclic) bond motifs is 5. The van der Waals surface area contributed by atoms with Gasteiger partial charge in [0.05, 0.1) is 36.1 Å². The first-order chi connectivity index (χ1) is 18.2. The largest absolute Gasteiger partial charge is 0.496 e. The maximum atomic E-state index is 13.4. The number of amides is 1. The van der Waals surface area contributed by atoms with E-state index in [2.05, 4.69) is 5.32 Å². The van der Waals surface area contributed by atoms with Crippen LogP contribution in [0.1, 0.15) is 48.9 Å². The third-order valence-corrected chi connectivity index (χ3v) is 7.08. The number of aromatic nitrogens is 2. The van der Waals surface area contributed by atoms with Gasteiger partial charge in [-0.3, -0.25) is 14.4 Å². The Balaban J connectivity index is 1.50. The highest BCUT2D eigenvalue weighted by Crippen LogP contribution is 2.40. The molecule has 0 fully saturated rings. The van der Waals surface area contributed by atoms with E-state index in [9.17, 15) is 24.3 Å². The zero-order chi connectivity index (χ0) is 27.2. The number of carbonyl (C=O) groups is 3. The monoisotopic (exact) mass is 521 g/mol. The average molecular weight is 522 g/mol. The lowest BCUT2D eigenvalue weighted by Gasteiger charge is -2.31. The lowest BCUT2D eigenvalue weighted by Crippen LogP contribution is -2.44. The molecule has 0 radical (unpaired) electrons. The van der Waals surface area contributed by atoms with E-state index in [0.717, 1.165) is 16.5 Å². The van der Waals surface area contributed by atoms with Crippen LogP contribution in [-0.4, -0.2) is 46.3 Å². The molecule has 2 aromatic heterocycles. The van der Waals surface area contributed by atoms with Gasteiger partial charge in [0.1, 0.15) is 12.4 Å². The summed E-state index contributed by atoms with van der Waals surface area (Å²) in [4.78, 5) is 53.5. The molecular formula is C27H27N3O8. The number of aryl methyl sites for hydroxylation is 1. The Morgan fingerprint density at radius 1 is 1.26 bits per heavy atom. The molecule has 2 aliphatic heterocycles. The highest BCUT2D eigenvalue weighted by Gasteiger charge is 2.45. The fourth-order valence-electron chi connectivity index (χ4n) is 5.04. The van der Waals surface area contributed by atoms with E-state index in [1.165, 1.54) is 14.0 Å². The van der Waals surface area contributed by atoms with Crippen LogP contribution in [0.3, 0.4) is 0 Å². The van der Waals surface area contributed by atoms with Crippen LogP contribution in [0, 0.1) is 0 Å². The van der Waals surface area contributed by atoms with Gasteiger partial charge in [-0.05, 0) is 36.6 Å². The van der Waals surface area contributed by atoms with Crippen molar-refractivity contribution in [3.63, 3.8) is 0 Å². The van der Waals surface area contributed by atoms with Gasteiger partial charge in [0.25, 0.3) is 5.56 Å². The van der Waals surface area contributed by atoms with Gasteiger partial charge in [-0.15, -0.1) is 0 Å². The maximum absolute atomic E-state index is 13.4. The summed E-state index contributed by atoms with van der Waals surface area (Å²) < 4.78 is 17.4. The molecule has 11 nitrogen and oxygen atoms in total. The topological polar surface area (TPSA) is 146 Å². The Bertz CT molecular complexity index is 1560. The minimum atomic E-state index is -1.89. The minimum absolute atomic E-state index is 0.0699. The molecule has 0 aliphatic carbocycles. The molecule has 38 heavy (non-hydrogen) atoms. The highest BCUT2D eigenvalue weighted by molar-refractivity contribution is 5.91. The highest BCUT2D eigenvalue weighted by atomic mass is 16.6. The molecule has 4 heterocycles. The molecule has 1 amide bonds. The molecule has 0 saturated heterocycles. The predicted molar refractivity (Wildman–Crippen MR) is 134 cm³/mol. The van der Waals surface area contributed by atoms with Crippen molar-refractivity contribution < 1.29 is 33.7 Å². The number of cyclic esters (lactones) is 1. The lowest BCUT2D eigenvalue weighted by atomic mass is 9.86. The van der Waals surface area contributed by atoms with E-state index < -0.39 is 17.5 Å². The Kier molecular flexibility index (Phi) is 6.39. The van der Waals surface area contributed by atoms with E-state index in [1.54, 1.807) is 17.6 Å². The van der Waals surface area contributed by atoms with Crippen molar-refractivity contribution in [2.45, 2.75) is 51.9 Å². The standard InChI is InChI=1S/C27H27N3O8/c1-4-27(35)19-10-21-23-16(11-30(21)25(33)18(19)12-37-26(27)34)9-17-20(29-23)7-5-15(24(17)36-3)6-8-22(32)38-13-28-14(2)31/h5,7,9-10,35H,4,6,8,11-13H2,1-3H3,(H,28,31)/t27-/m0/s1. The van der Waals surface area contributed by atoms with E-state index in [0.29, 0.717) is 29.1 Å². The molecule has 0 saturated carbocycles. The van der Waals surface area contributed by atoms with Crippen LogP contribution in [0.15, 0.2) is 29.1 Å². The van der Waals surface area contributed by atoms with Crippen LogP contribution in [-0.2, 0) is 49.0 Å². The van der Waals surface area contributed by atoms with Crippen molar-refractivity contribution in [2.75, 3.05) is 13.8 Å². The zero-order valence-corrected chi connectivity index (χ0v) is 21.3. The number of hydrogen-bond acceptors (Lipinski definition) is 9. The van der Waals surface area contributed by atoms with Crippen LogP contribution >= 0.6 is 0 Å². The number of hydrogen-bond donors (Lipinski definition) is 2. The quantitative estimate of drug-likeness (QED) is 0.274. The molecule has 2 aliphatic rings. The third kappa shape index (κ3) is 4.08. The second-order valence-corrected chi connectivity index (χ2v) is 9.32. The van der Waals surface area contributed by atoms with Crippen LogP contribution in [0.5, 0.6) is 5.75 Å². The predicted octanol–water partition coefficient (Wildman–Crippen LogP) is 1.66. The molecule has 2 N–H and O–H groups in total. The smallest absolute Gasteiger partial charge is 0.343 e. The number of pyridine rings is 2. The first-order valence-corrected chi connectivity index (χ1v) is 12.2. The van der Waals surface area contributed by atoms with Gasteiger partial charge in [-0.1, -0.05) is 13.0 Å². The lowest BCUT2D eigenvalue weighted by molar-refractivity contribution is -0.172. The fourth-order valence-corrected chi connectivity index (χ4v) is 5.04. The van der Waals surface area contributed by atoms with Gasteiger partial charge in [0.2, 0.25) is 5.91 Å². The molecule has 3 aromatic rings. The number of carbonyl (C=O) groups excluding carboxylic acids is 3. The zero-order valence-electron chi connectivity index (χ0n) is 21.3. The number of ether oxygens (including phenoxy) is 3. The Morgan fingerprint density at radius 2 is 2.05 bits per heavy atom. The first kappa shape index (κ1) is 25.4. The van der Waals surface area contributed by atoms with Gasteiger partial charge in [-0.25, -0.2) is 9.78 Å². The summed E-state index contributed by atoms with van der Waals surface area (Å²) in [5.74, 6) is -0.949. The maximum Gasteiger partial charge on any atom is 0.343 e. The molecule has 0 unspecified atom stereocenters. The number of nitrogens with one attached hydrogen (secondary N) is 1. The van der Waals surface area contributed by atoms with Crippen molar-refractivity contribution in [1.82, 2.24) is 14.9 Å². The minimum Gasteiger partial charge on any atom is -0.496 e. The second kappa shape index (κ2) is 9.56. The van der Waals surface area contributed by atoms with E-state index in [4.69, 9.17) is 19.2 Å². The summed E-state index contributed by atoms with van der Waals surface area (Å²) in [6.07, 6.45) is 0.513. The molecule has 0 bridgehead atoms. The first-order valence-electron chi connectivity index (χ1n) is 12.2. The summed E-state index contributed by atoms with van der Waals surface area (Å²) in [5.41, 5.74) is 1.62. The van der Waals surface area contributed by atoms with E-state index >= 15 is 0 Å². The Hall–Kier alpha value is -4.25. The van der Waals surface area contributed by atoms with Gasteiger partial charge in [-0.2, -0.15) is 0 Å². The number of nitrogens with zero attached hydrogens (tertiary/aromatic N) is 2. The third-order valence-electron chi connectivity index (χ3n) is 7.08. The van der Waals surface area contributed by atoms with Gasteiger partial charge >= 0.3 is 11.9 Å². The molecule has 5 rings (SSSR count). The molecule has 198 valence electrons.